The molecule has 1 N–H and O–H groups in total. The normalized spacial score (nSPS) is 14.5. The number of nitrogens with zero attached hydrogens (tertiary/aromatic N) is 1. The minimum Gasteiger partial charge on any atom is -0.378 e. The minimum absolute atomic E-state index is 0.0304. The summed E-state index contributed by atoms with van der Waals surface area (Å²) in [5, 5.41) is 2.87. The van der Waals surface area contributed by atoms with E-state index in [9.17, 15) is 9.59 Å². The molecule has 1 saturated heterocycles. The van der Waals surface area contributed by atoms with Gasteiger partial charge in [0.05, 0.1) is 18.1 Å². The van der Waals surface area contributed by atoms with Crippen LogP contribution < -0.4 is 5.32 Å². The van der Waals surface area contributed by atoms with Crippen molar-refractivity contribution >= 4 is 28.8 Å². The van der Waals surface area contributed by atoms with Gasteiger partial charge in [0, 0.05) is 29.2 Å². The number of morpholine rings is 1. The molecule has 2 aromatic rings. The van der Waals surface area contributed by atoms with Gasteiger partial charge in [-0.3, -0.25) is 9.59 Å². The van der Waals surface area contributed by atoms with Crippen LogP contribution in [-0.2, 0) is 4.74 Å². The Labute approximate surface area is 145 Å². The van der Waals surface area contributed by atoms with Crippen molar-refractivity contribution in [1.29, 1.82) is 0 Å². The SMILES string of the molecule is Cc1cc(C(=O)Nc2cccc(C(=O)N3CCOCC3)c2)sc1C. The molecule has 0 saturated carbocycles. The number of carbonyl (C=O) groups is 2. The van der Waals surface area contributed by atoms with E-state index in [1.165, 1.54) is 11.3 Å². The molecule has 2 amide bonds. The van der Waals surface area contributed by atoms with E-state index in [1.54, 1.807) is 29.2 Å². The van der Waals surface area contributed by atoms with Crippen LogP contribution in [0.5, 0.6) is 0 Å². The van der Waals surface area contributed by atoms with Crippen molar-refractivity contribution < 1.29 is 14.3 Å². The zero-order valence-corrected chi connectivity index (χ0v) is 14.6. The minimum atomic E-state index is -0.146. The van der Waals surface area contributed by atoms with Gasteiger partial charge in [-0.1, -0.05) is 6.07 Å². The summed E-state index contributed by atoms with van der Waals surface area (Å²) in [5.74, 6) is -0.176. The number of carbonyl (C=O) groups excluding carboxylic acids is 2. The highest BCUT2D eigenvalue weighted by molar-refractivity contribution is 7.14. The highest BCUT2D eigenvalue weighted by Crippen LogP contribution is 2.22. The molecule has 1 fully saturated rings. The topological polar surface area (TPSA) is 58.6 Å². The van der Waals surface area contributed by atoms with Crippen molar-refractivity contribution in [3.8, 4) is 0 Å². The molecule has 0 radical (unpaired) electrons. The van der Waals surface area contributed by atoms with E-state index in [1.807, 2.05) is 19.9 Å². The van der Waals surface area contributed by atoms with Crippen molar-refractivity contribution in [3.05, 3.63) is 51.2 Å². The summed E-state index contributed by atoms with van der Waals surface area (Å²) in [6.07, 6.45) is 0. The average Bonchev–Trinajstić information content (AvgIpc) is 2.94. The van der Waals surface area contributed by atoms with Gasteiger partial charge in [-0.15, -0.1) is 11.3 Å². The molecule has 5 nitrogen and oxygen atoms in total. The summed E-state index contributed by atoms with van der Waals surface area (Å²) in [4.78, 5) is 28.5. The lowest BCUT2D eigenvalue weighted by atomic mass is 10.1. The average molecular weight is 344 g/mol. The van der Waals surface area contributed by atoms with Crippen LogP contribution >= 0.6 is 11.3 Å². The Morgan fingerprint density at radius 3 is 2.58 bits per heavy atom. The lowest BCUT2D eigenvalue weighted by Gasteiger charge is -2.27. The second-order valence-electron chi connectivity index (χ2n) is 5.79. The molecule has 2 heterocycles. The van der Waals surface area contributed by atoms with Gasteiger partial charge >= 0.3 is 0 Å². The molecule has 1 aromatic carbocycles. The van der Waals surface area contributed by atoms with Gasteiger partial charge in [0.15, 0.2) is 0 Å². The Hall–Kier alpha value is -2.18. The lowest BCUT2D eigenvalue weighted by Crippen LogP contribution is -2.40. The van der Waals surface area contributed by atoms with Gasteiger partial charge in [-0.05, 0) is 43.7 Å². The number of anilines is 1. The van der Waals surface area contributed by atoms with Crippen LogP contribution in [0.1, 0.15) is 30.5 Å². The summed E-state index contributed by atoms with van der Waals surface area (Å²) in [6, 6.07) is 8.96. The predicted octanol–water partition coefficient (Wildman–Crippen LogP) is 3.09. The van der Waals surface area contributed by atoms with E-state index < -0.39 is 0 Å². The smallest absolute Gasteiger partial charge is 0.265 e. The van der Waals surface area contributed by atoms with E-state index in [0.717, 1.165) is 10.4 Å². The summed E-state index contributed by atoms with van der Waals surface area (Å²) in [5.41, 5.74) is 2.32. The fourth-order valence-electron chi connectivity index (χ4n) is 2.56. The molecule has 0 bridgehead atoms. The molecule has 24 heavy (non-hydrogen) atoms. The van der Waals surface area contributed by atoms with E-state index >= 15 is 0 Å². The van der Waals surface area contributed by atoms with Crippen molar-refractivity contribution in [2.24, 2.45) is 0 Å². The van der Waals surface area contributed by atoms with E-state index in [4.69, 9.17) is 4.74 Å². The van der Waals surface area contributed by atoms with Crippen molar-refractivity contribution in [1.82, 2.24) is 4.90 Å². The van der Waals surface area contributed by atoms with Gasteiger partial charge in [0.2, 0.25) is 0 Å². The maximum Gasteiger partial charge on any atom is 0.265 e. The Kier molecular flexibility index (Phi) is 4.97. The van der Waals surface area contributed by atoms with E-state index in [2.05, 4.69) is 5.32 Å². The molecule has 0 spiro atoms. The predicted molar refractivity (Wildman–Crippen MR) is 94.9 cm³/mol. The third kappa shape index (κ3) is 3.66. The first-order valence-corrected chi connectivity index (χ1v) is 8.72. The highest BCUT2D eigenvalue weighted by Gasteiger charge is 2.19. The Morgan fingerprint density at radius 1 is 1.17 bits per heavy atom. The van der Waals surface area contributed by atoms with Crippen LogP contribution in [0.2, 0.25) is 0 Å². The summed E-state index contributed by atoms with van der Waals surface area (Å²) < 4.78 is 5.27. The third-order valence-electron chi connectivity index (χ3n) is 4.06. The number of nitrogens with one attached hydrogen (secondary N) is 1. The number of amides is 2. The summed E-state index contributed by atoms with van der Waals surface area (Å²) in [7, 11) is 0. The number of hydrogen-bond acceptors (Lipinski definition) is 4. The largest absolute Gasteiger partial charge is 0.378 e. The molecule has 1 aromatic heterocycles. The van der Waals surface area contributed by atoms with Gasteiger partial charge in [-0.25, -0.2) is 0 Å². The van der Waals surface area contributed by atoms with Crippen molar-refractivity contribution in [2.45, 2.75) is 13.8 Å². The van der Waals surface area contributed by atoms with Gasteiger partial charge in [-0.2, -0.15) is 0 Å². The van der Waals surface area contributed by atoms with E-state index in [-0.39, 0.29) is 11.8 Å². The molecular weight excluding hydrogens is 324 g/mol. The second kappa shape index (κ2) is 7.15. The third-order valence-corrected chi connectivity index (χ3v) is 5.21. The standard InChI is InChI=1S/C18H20N2O3S/c1-12-10-16(24-13(12)2)17(21)19-15-5-3-4-14(11-15)18(22)20-6-8-23-9-7-20/h3-5,10-11H,6-9H2,1-2H3,(H,19,21). The number of ether oxygens (including phenoxy) is 1. The molecule has 1 aliphatic rings. The number of aryl methyl sites for hydroxylation is 2. The summed E-state index contributed by atoms with van der Waals surface area (Å²) >= 11 is 1.47. The number of thiophene rings is 1. The quantitative estimate of drug-likeness (QED) is 0.931. The van der Waals surface area contributed by atoms with Crippen LogP contribution in [0.4, 0.5) is 5.69 Å². The summed E-state index contributed by atoms with van der Waals surface area (Å²) in [6.45, 7) is 6.33. The Morgan fingerprint density at radius 2 is 1.92 bits per heavy atom. The Bertz CT molecular complexity index is 744. The zero-order chi connectivity index (χ0) is 17.1. The van der Waals surface area contributed by atoms with Gasteiger partial charge < -0.3 is 15.0 Å². The molecule has 0 unspecified atom stereocenters. The number of benzene rings is 1. The first-order chi connectivity index (χ1) is 11.5. The molecule has 0 aliphatic carbocycles. The molecule has 126 valence electrons. The fraction of sp³-hybridized carbons (Fsp3) is 0.333. The number of rotatable bonds is 3. The van der Waals surface area contributed by atoms with E-state index in [0.29, 0.717) is 42.4 Å². The van der Waals surface area contributed by atoms with Crippen LogP contribution in [0.3, 0.4) is 0 Å². The number of hydrogen-bond donors (Lipinski definition) is 1. The first kappa shape index (κ1) is 16.7. The molecule has 0 atom stereocenters. The zero-order valence-electron chi connectivity index (χ0n) is 13.8. The van der Waals surface area contributed by atoms with Crippen molar-refractivity contribution in [2.75, 3.05) is 31.6 Å². The second-order valence-corrected chi connectivity index (χ2v) is 7.05. The van der Waals surface area contributed by atoms with Crippen molar-refractivity contribution in [3.63, 3.8) is 0 Å². The lowest BCUT2D eigenvalue weighted by molar-refractivity contribution is 0.0303. The first-order valence-electron chi connectivity index (χ1n) is 7.90. The molecular formula is C18H20N2O3S. The van der Waals surface area contributed by atoms with Crippen LogP contribution in [0.25, 0.3) is 0 Å². The van der Waals surface area contributed by atoms with Gasteiger partial charge in [0.25, 0.3) is 11.8 Å². The Balaban J connectivity index is 1.72. The highest BCUT2D eigenvalue weighted by atomic mass is 32.1. The van der Waals surface area contributed by atoms with Gasteiger partial charge in [0.1, 0.15) is 0 Å². The fourth-order valence-corrected chi connectivity index (χ4v) is 3.49. The van der Waals surface area contributed by atoms with Crippen LogP contribution in [-0.4, -0.2) is 43.0 Å². The molecule has 3 rings (SSSR count). The maximum absolute atomic E-state index is 12.5. The monoisotopic (exact) mass is 344 g/mol. The molecule has 1 aliphatic heterocycles. The van der Waals surface area contributed by atoms with Crippen LogP contribution in [0.15, 0.2) is 30.3 Å². The maximum atomic E-state index is 12.5. The van der Waals surface area contributed by atoms with Crippen LogP contribution in [0, 0.1) is 13.8 Å². The molecule has 6 heteroatoms.